The Bertz CT molecular complexity index is 640. The zero-order valence-corrected chi connectivity index (χ0v) is 15.3. The molecule has 1 aliphatic heterocycles. The van der Waals surface area contributed by atoms with Crippen LogP contribution in [0.1, 0.15) is 24.0 Å². The molecule has 0 radical (unpaired) electrons. The molecule has 25 heavy (non-hydrogen) atoms. The van der Waals surface area contributed by atoms with E-state index in [1.807, 2.05) is 18.2 Å². The largest absolute Gasteiger partial charge is 0.383 e. The Morgan fingerprint density at radius 1 is 1.04 bits per heavy atom. The molecule has 3 rings (SSSR count). The van der Waals surface area contributed by atoms with Crippen molar-refractivity contribution < 1.29 is 9.59 Å². The van der Waals surface area contributed by atoms with Gasteiger partial charge in [-0.2, -0.15) is 0 Å². The van der Waals surface area contributed by atoms with Crippen molar-refractivity contribution in [3.63, 3.8) is 0 Å². The first-order chi connectivity index (χ1) is 12.1. The van der Waals surface area contributed by atoms with Gasteiger partial charge in [0.05, 0.1) is 20.1 Å². The smallest absolute Gasteiger partial charge is 0.124 e. The first-order valence-corrected chi connectivity index (χ1v) is 9.31. The maximum absolute atomic E-state index is 11.9. The Labute approximate surface area is 152 Å². The molecule has 1 N–H and O–H groups in total. The molecule has 2 nitrogen and oxygen atoms in total. The van der Waals surface area contributed by atoms with Gasteiger partial charge < -0.3 is 9.59 Å². The Balaban J connectivity index is 1.94. The van der Waals surface area contributed by atoms with Gasteiger partial charge in [0.1, 0.15) is 11.6 Å². The molecular formula is C23H30NO+. The zero-order chi connectivity index (χ0) is 17.8. The van der Waals surface area contributed by atoms with Crippen molar-refractivity contribution >= 4 is 0 Å². The van der Waals surface area contributed by atoms with E-state index in [2.05, 4.69) is 62.2 Å². The summed E-state index contributed by atoms with van der Waals surface area (Å²) in [5, 5.41) is 11.9. The monoisotopic (exact) mass is 336 g/mol. The second-order valence-electron chi connectivity index (χ2n) is 7.76. The molecule has 132 valence electrons. The van der Waals surface area contributed by atoms with E-state index < -0.39 is 5.60 Å². The lowest BCUT2D eigenvalue weighted by atomic mass is 9.80. The normalized spacial score (nSPS) is 23.5. The lowest BCUT2D eigenvalue weighted by molar-refractivity contribution is -0.922. The van der Waals surface area contributed by atoms with Crippen LogP contribution in [0, 0.1) is 0 Å². The predicted octanol–water partition coefficient (Wildman–Crippen LogP) is 4.00. The fourth-order valence-electron chi connectivity index (χ4n) is 4.67. The summed E-state index contributed by atoms with van der Waals surface area (Å²) in [6.45, 7) is 5.98. The van der Waals surface area contributed by atoms with E-state index in [-0.39, 0.29) is 6.04 Å². The molecule has 1 heterocycles. The van der Waals surface area contributed by atoms with Crippen LogP contribution < -0.4 is 0 Å². The van der Waals surface area contributed by atoms with Crippen molar-refractivity contribution in [1.29, 1.82) is 0 Å². The molecule has 1 saturated heterocycles. The van der Waals surface area contributed by atoms with Crippen LogP contribution in [-0.4, -0.2) is 41.4 Å². The summed E-state index contributed by atoms with van der Waals surface area (Å²) in [5.41, 5.74) is 1.66. The number of likely N-dealkylation sites (N-methyl/N-ethyl adjacent to an activating group) is 1. The molecule has 0 spiro atoms. The van der Waals surface area contributed by atoms with Gasteiger partial charge >= 0.3 is 0 Å². The van der Waals surface area contributed by atoms with Crippen LogP contribution in [0.5, 0.6) is 0 Å². The second kappa shape index (κ2) is 7.55. The van der Waals surface area contributed by atoms with Crippen molar-refractivity contribution in [2.24, 2.45) is 0 Å². The van der Waals surface area contributed by atoms with Gasteiger partial charge in [-0.3, -0.25) is 0 Å². The van der Waals surface area contributed by atoms with E-state index >= 15 is 0 Å². The molecule has 2 heteroatoms. The van der Waals surface area contributed by atoms with E-state index in [0.29, 0.717) is 12.8 Å². The van der Waals surface area contributed by atoms with Gasteiger partial charge in [-0.25, -0.2) is 0 Å². The third kappa shape index (κ3) is 4.02. The summed E-state index contributed by atoms with van der Waals surface area (Å²) in [7, 11) is 2.28. The molecule has 2 unspecified atom stereocenters. The molecular weight excluding hydrogens is 306 g/mol. The predicted molar refractivity (Wildman–Crippen MR) is 104 cm³/mol. The lowest BCUT2D eigenvalue weighted by Crippen LogP contribution is -2.61. The molecule has 2 aromatic rings. The van der Waals surface area contributed by atoms with E-state index in [9.17, 15) is 5.11 Å². The summed E-state index contributed by atoms with van der Waals surface area (Å²) >= 11 is 0. The number of benzene rings is 2. The Hall–Kier alpha value is -1.90. The summed E-state index contributed by atoms with van der Waals surface area (Å²) in [4.78, 5) is 0. The Morgan fingerprint density at radius 2 is 1.56 bits per heavy atom. The highest BCUT2D eigenvalue weighted by molar-refractivity contribution is 5.22. The summed E-state index contributed by atoms with van der Waals surface area (Å²) in [5.74, 6) is 0. The number of hydrogen-bond acceptors (Lipinski definition) is 1. The number of rotatable bonds is 7. The number of aliphatic hydroxyl groups is 1. The summed E-state index contributed by atoms with van der Waals surface area (Å²) < 4.78 is 0.889. The van der Waals surface area contributed by atoms with Crippen LogP contribution >= 0.6 is 0 Å². The standard InChI is InChI=1S/C23H30NO/c1-3-16-24(2)17-10-15-22(24)23(25,18-20-11-6-4-7-12-20)19-21-13-8-5-9-14-21/h3-9,11-14,22,25H,1,10,15-19H2,2H3/q+1. The van der Waals surface area contributed by atoms with Crippen LogP contribution in [0.25, 0.3) is 0 Å². The minimum absolute atomic E-state index is 0.228. The van der Waals surface area contributed by atoms with Crippen molar-refractivity contribution in [2.45, 2.75) is 37.3 Å². The van der Waals surface area contributed by atoms with E-state index in [4.69, 9.17) is 0 Å². The molecule has 0 aliphatic carbocycles. The molecule has 0 saturated carbocycles. The molecule has 1 fully saturated rings. The van der Waals surface area contributed by atoms with Gasteiger partial charge in [0.25, 0.3) is 0 Å². The van der Waals surface area contributed by atoms with E-state index in [0.717, 1.165) is 24.0 Å². The summed E-state index contributed by atoms with van der Waals surface area (Å²) in [6, 6.07) is 21.0. The van der Waals surface area contributed by atoms with E-state index in [1.165, 1.54) is 17.5 Å². The molecule has 0 aromatic heterocycles. The number of nitrogens with zero attached hydrogens (tertiary/aromatic N) is 1. The van der Waals surface area contributed by atoms with Gasteiger partial charge in [0.2, 0.25) is 0 Å². The van der Waals surface area contributed by atoms with Crippen LogP contribution in [-0.2, 0) is 12.8 Å². The first-order valence-electron chi connectivity index (χ1n) is 9.31. The molecule has 2 atom stereocenters. The lowest BCUT2D eigenvalue weighted by Gasteiger charge is -2.44. The topological polar surface area (TPSA) is 20.2 Å². The zero-order valence-electron chi connectivity index (χ0n) is 15.3. The number of hydrogen-bond donors (Lipinski definition) is 1. The first kappa shape index (κ1) is 17.9. The van der Waals surface area contributed by atoms with Crippen LogP contribution in [0.4, 0.5) is 0 Å². The molecule has 1 aliphatic rings. The minimum atomic E-state index is -0.753. The average Bonchev–Trinajstić information content (AvgIpc) is 2.99. The molecule has 2 aromatic carbocycles. The number of likely N-dealkylation sites (tertiary alicyclic amines) is 1. The Morgan fingerprint density at radius 3 is 2.04 bits per heavy atom. The highest BCUT2D eigenvalue weighted by Crippen LogP contribution is 2.37. The van der Waals surface area contributed by atoms with Gasteiger partial charge in [-0.1, -0.05) is 67.2 Å². The fourth-order valence-corrected chi connectivity index (χ4v) is 4.67. The SMILES string of the molecule is C=CC[N+]1(C)CCCC1C(O)(Cc1ccccc1)Cc1ccccc1. The molecule has 0 bridgehead atoms. The van der Waals surface area contributed by atoms with Crippen molar-refractivity contribution in [3.05, 3.63) is 84.4 Å². The van der Waals surface area contributed by atoms with Crippen molar-refractivity contribution in [3.8, 4) is 0 Å². The second-order valence-corrected chi connectivity index (χ2v) is 7.76. The highest BCUT2D eigenvalue weighted by atomic mass is 16.3. The van der Waals surface area contributed by atoms with Crippen molar-refractivity contribution in [1.82, 2.24) is 0 Å². The van der Waals surface area contributed by atoms with Crippen LogP contribution in [0.2, 0.25) is 0 Å². The highest BCUT2D eigenvalue weighted by Gasteiger charge is 2.50. The van der Waals surface area contributed by atoms with Gasteiger partial charge in [-0.05, 0) is 17.2 Å². The third-order valence-corrected chi connectivity index (χ3v) is 5.77. The van der Waals surface area contributed by atoms with E-state index in [1.54, 1.807) is 0 Å². The van der Waals surface area contributed by atoms with Crippen LogP contribution in [0.15, 0.2) is 73.3 Å². The quantitative estimate of drug-likeness (QED) is 0.598. The van der Waals surface area contributed by atoms with Crippen molar-refractivity contribution in [2.75, 3.05) is 20.1 Å². The maximum Gasteiger partial charge on any atom is 0.124 e. The fraction of sp³-hybridized carbons (Fsp3) is 0.391. The van der Waals surface area contributed by atoms with Gasteiger partial charge in [-0.15, -0.1) is 0 Å². The summed E-state index contributed by atoms with van der Waals surface area (Å²) in [6.07, 6.45) is 5.63. The Kier molecular flexibility index (Phi) is 5.41. The number of quaternary nitrogens is 1. The van der Waals surface area contributed by atoms with Crippen LogP contribution in [0.3, 0.4) is 0 Å². The maximum atomic E-state index is 11.9. The average molecular weight is 336 g/mol. The van der Waals surface area contributed by atoms with Gasteiger partial charge in [0.15, 0.2) is 0 Å². The minimum Gasteiger partial charge on any atom is -0.383 e. The molecule has 0 amide bonds. The third-order valence-electron chi connectivity index (χ3n) is 5.77. The van der Waals surface area contributed by atoms with Gasteiger partial charge in [0, 0.05) is 25.7 Å².